The number of anilines is 1. The number of nitrogens with zero attached hydrogens (tertiary/aromatic N) is 1. The Labute approximate surface area is 166 Å². The van der Waals surface area contributed by atoms with Crippen LogP contribution in [0.3, 0.4) is 0 Å². The van der Waals surface area contributed by atoms with Gasteiger partial charge in [-0.2, -0.15) is 0 Å². The summed E-state index contributed by atoms with van der Waals surface area (Å²) in [5.74, 6) is -0.619. The van der Waals surface area contributed by atoms with Crippen molar-refractivity contribution in [2.75, 3.05) is 10.7 Å². The summed E-state index contributed by atoms with van der Waals surface area (Å²) in [7, 11) is 0. The third kappa shape index (κ3) is 4.32. The van der Waals surface area contributed by atoms with Crippen LogP contribution in [0.2, 0.25) is 10.0 Å². The molecule has 0 aliphatic heterocycles. The fourth-order valence-electron chi connectivity index (χ4n) is 2.59. The second-order valence-corrected chi connectivity index (χ2v) is 6.87. The number of aryl methyl sites for hydroxylation is 2. The van der Waals surface area contributed by atoms with Gasteiger partial charge < -0.3 is 5.32 Å². The first-order chi connectivity index (χ1) is 12.8. The van der Waals surface area contributed by atoms with Gasteiger partial charge >= 0.3 is 0 Å². The van der Waals surface area contributed by atoms with Crippen molar-refractivity contribution in [1.29, 1.82) is 0 Å². The smallest absolute Gasteiger partial charge is 0.270 e. The molecule has 2 aromatic carbocycles. The standard InChI is InChI=1S/C20H17Cl2N3O2/c1-12-6-7-13(2)25(12)24-20(27)14-4-3-5-16(10-14)23-19(26)15-8-9-17(21)18(22)11-15/h3-11H,1-2H3,(H,23,26)(H,24,27). The summed E-state index contributed by atoms with van der Waals surface area (Å²) in [5.41, 5.74) is 5.97. The number of nitrogens with one attached hydrogen (secondary N) is 2. The average molecular weight is 402 g/mol. The third-order valence-corrected chi connectivity index (χ3v) is 4.79. The first kappa shape index (κ1) is 19.0. The molecule has 3 aromatic rings. The van der Waals surface area contributed by atoms with Gasteiger partial charge in [-0.25, -0.2) is 0 Å². The normalized spacial score (nSPS) is 10.5. The zero-order chi connectivity index (χ0) is 19.6. The Balaban J connectivity index is 1.76. The van der Waals surface area contributed by atoms with Crippen LogP contribution in [0, 0.1) is 13.8 Å². The summed E-state index contributed by atoms with van der Waals surface area (Å²) < 4.78 is 1.71. The van der Waals surface area contributed by atoms with Gasteiger partial charge in [-0.05, 0) is 62.4 Å². The molecule has 1 heterocycles. The van der Waals surface area contributed by atoms with E-state index in [1.54, 1.807) is 41.1 Å². The monoisotopic (exact) mass is 401 g/mol. The van der Waals surface area contributed by atoms with Crippen molar-refractivity contribution in [2.24, 2.45) is 0 Å². The molecule has 3 rings (SSSR count). The van der Waals surface area contributed by atoms with Crippen molar-refractivity contribution in [2.45, 2.75) is 13.8 Å². The second-order valence-electron chi connectivity index (χ2n) is 6.06. The highest BCUT2D eigenvalue weighted by Crippen LogP contribution is 2.23. The molecule has 0 aliphatic carbocycles. The summed E-state index contributed by atoms with van der Waals surface area (Å²) in [6, 6.07) is 15.2. The lowest BCUT2D eigenvalue weighted by Crippen LogP contribution is -2.24. The fourth-order valence-corrected chi connectivity index (χ4v) is 2.89. The zero-order valence-corrected chi connectivity index (χ0v) is 16.2. The SMILES string of the molecule is Cc1ccc(C)n1NC(=O)c1cccc(NC(=O)c2ccc(Cl)c(Cl)c2)c1. The molecule has 7 heteroatoms. The quantitative estimate of drug-likeness (QED) is 0.642. The average Bonchev–Trinajstić information content (AvgIpc) is 2.96. The summed E-state index contributed by atoms with van der Waals surface area (Å²) in [6.07, 6.45) is 0. The molecule has 2 amide bonds. The molecule has 0 atom stereocenters. The molecule has 0 aliphatic rings. The number of carbonyl (C=O) groups excluding carboxylic acids is 2. The molecular weight excluding hydrogens is 385 g/mol. The molecule has 5 nitrogen and oxygen atoms in total. The first-order valence-electron chi connectivity index (χ1n) is 8.18. The van der Waals surface area contributed by atoms with E-state index < -0.39 is 0 Å². The molecule has 0 spiro atoms. The molecule has 0 fully saturated rings. The van der Waals surface area contributed by atoms with Gasteiger partial charge in [-0.15, -0.1) is 0 Å². The molecule has 138 valence electrons. The molecule has 0 saturated heterocycles. The molecule has 0 radical (unpaired) electrons. The van der Waals surface area contributed by atoms with Crippen LogP contribution >= 0.6 is 23.2 Å². The fraction of sp³-hybridized carbons (Fsp3) is 0.100. The van der Waals surface area contributed by atoms with E-state index in [2.05, 4.69) is 10.7 Å². The number of halogens is 2. The van der Waals surface area contributed by atoms with E-state index in [0.717, 1.165) is 11.4 Å². The lowest BCUT2D eigenvalue weighted by molar-refractivity contribution is 0.100. The molecule has 0 saturated carbocycles. The van der Waals surface area contributed by atoms with Gasteiger partial charge in [0.15, 0.2) is 0 Å². The lowest BCUT2D eigenvalue weighted by Gasteiger charge is -2.12. The summed E-state index contributed by atoms with van der Waals surface area (Å²) in [5, 5.41) is 3.43. The minimum Gasteiger partial charge on any atom is -0.322 e. The van der Waals surface area contributed by atoms with Gasteiger partial charge in [0.25, 0.3) is 11.8 Å². The lowest BCUT2D eigenvalue weighted by atomic mass is 10.1. The molecule has 0 unspecified atom stereocenters. The van der Waals surface area contributed by atoms with Crippen molar-refractivity contribution in [1.82, 2.24) is 4.68 Å². The van der Waals surface area contributed by atoms with Gasteiger partial charge in [0.1, 0.15) is 0 Å². The molecular formula is C20H17Cl2N3O2. The number of benzene rings is 2. The Morgan fingerprint density at radius 1 is 0.815 bits per heavy atom. The number of carbonyl (C=O) groups is 2. The number of rotatable bonds is 4. The number of hydrogen-bond acceptors (Lipinski definition) is 2. The highest BCUT2D eigenvalue weighted by Gasteiger charge is 2.12. The second kappa shape index (κ2) is 7.86. The van der Waals surface area contributed by atoms with Crippen molar-refractivity contribution in [3.05, 3.63) is 87.2 Å². The van der Waals surface area contributed by atoms with Crippen LogP contribution in [0.15, 0.2) is 54.6 Å². The van der Waals surface area contributed by atoms with Gasteiger partial charge in [-0.1, -0.05) is 29.3 Å². The Morgan fingerprint density at radius 2 is 1.48 bits per heavy atom. The van der Waals surface area contributed by atoms with Gasteiger partial charge in [-0.3, -0.25) is 19.7 Å². The number of aromatic nitrogens is 1. The Bertz CT molecular complexity index is 1010. The Kier molecular flexibility index (Phi) is 5.54. The minimum absolute atomic E-state index is 0.275. The largest absolute Gasteiger partial charge is 0.322 e. The van der Waals surface area contributed by atoms with Crippen molar-refractivity contribution in [3.63, 3.8) is 0 Å². The molecule has 2 N–H and O–H groups in total. The Hall–Kier alpha value is -2.76. The van der Waals surface area contributed by atoms with Crippen LogP contribution in [0.1, 0.15) is 32.1 Å². The molecule has 27 heavy (non-hydrogen) atoms. The minimum atomic E-state index is -0.344. The summed E-state index contributed by atoms with van der Waals surface area (Å²) >= 11 is 11.8. The highest BCUT2D eigenvalue weighted by molar-refractivity contribution is 6.42. The van der Waals surface area contributed by atoms with Crippen molar-refractivity contribution in [3.8, 4) is 0 Å². The van der Waals surface area contributed by atoms with Crippen molar-refractivity contribution >= 4 is 40.7 Å². The van der Waals surface area contributed by atoms with E-state index in [1.165, 1.54) is 6.07 Å². The third-order valence-electron chi connectivity index (χ3n) is 4.05. The van der Waals surface area contributed by atoms with Crippen LogP contribution in [0.25, 0.3) is 0 Å². The van der Waals surface area contributed by atoms with E-state index in [-0.39, 0.29) is 11.8 Å². The summed E-state index contributed by atoms with van der Waals surface area (Å²) in [6.45, 7) is 3.81. The Morgan fingerprint density at radius 3 is 2.15 bits per heavy atom. The molecule has 0 bridgehead atoms. The van der Waals surface area contributed by atoms with E-state index in [0.29, 0.717) is 26.9 Å². The predicted octanol–water partition coefficient (Wildman–Crippen LogP) is 5.05. The van der Waals surface area contributed by atoms with Crippen LogP contribution in [-0.4, -0.2) is 16.5 Å². The highest BCUT2D eigenvalue weighted by atomic mass is 35.5. The van der Waals surface area contributed by atoms with Gasteiger partial charge in [0, 0.05) is 28.2 Å². The number of hydrogen-bond donors (Lipinski definition) is 2. The maximum Gasteiger partial charge on any atom is 0.270 e. The van der Waals surface area contributed by atoms with E-state index >= 15 is 0 Å². The predicted molar refractivity (Wildman–Crippen MR) is 108 cm³/mol. The maximum atomic E-state index is 12.5. The number of amides is 2. The van der Waals surface area contributed by atoms with Crippen LogP contribution in [0.5, 0.6) is 0 Å². The van der Waals surface area contributed by atoms with E-state index in [4.69, 9.17) is 23.2 Å². The zero-order valence-electron chi connectivity index (χ0n) is 14.7. The van der Waals surface area contributed by atoms with Crippen LogP contribution < -0.4 is 10.7 Å². The van der Waals surface area contributed by atoms with Gasteiger partial charge in [0.2, 0.25) is 0 Å². The topological polar surface area (TPSA) is 63.1 Å². The molecule has 1 aromatic heterocycles. The first-order valence-corrected chi connectivity index (χ1v) is 8.93. The summed E-state index contributed by atoms with van der Waals surface area (Å²) in [4.78, 5) is 24.9. The van der Waals surface area contributed by atoms with Crippen molar-refractivity contribution < 1.29 is 9.59 Å². The van der Waals surface area contributed by atoms with Crippen LogP contribution in [0.4, 0.5) is 5.69 Å². The van der Waals surface area contributed by atoms with Crippen LogP contribution in [-0.2, 0) is 0 Å². The van der Waals surface area contributed by atoms with Gasteiger partial charge in [0.05, 0.1) is 10.0 Å². The maximum absolute atomic E-state index is 12.5. The van der Waals surface area contributed by atoms with E-state index in [1.807, 2.05) is 26.0 Å². The van der Waals surface area contributed by atoms with E-state index in [9.17, 15) is 9.59 Å².